The Morgan fingerprint density at radius 2 is 1.96 bits per heavy atom. The number of rotatable bonds is 6. The molecule has 0 saturated carbocycles. The summed E-state index contributed by atoms with van der Waals surface area (Å²) in [5.41, 5.74) is 4.32. The minimum absolute atomic E-state index is 0.0742. The Bertz CT molecular complexity index is 944. The molecular formula is C21H25N5O. The number of fused-ring (bicyclic) bond motifs is 1. The van der Waals surface area contributed by atoms with Gasteiger partial charge in [0.05, 0.1) is 0 Å². The number of anilines is 1. The van der Waals surface area contributed by atoms with E-state index in [1.807, 2.05) is 30.3 Å². The van der Waals surface area contributed by atoms with Crippen molar-refractivity contribution in [2.45, 2.75) is 19.9 Å². The SMILES string of the molecule is CN=C(NCCc1c[nH]c2ccccc12)NCc1cccc(NC(C)=O)c1. The van der Waals surface area contributed by atoms with E-state index in [1.54, 1.807) is 7.05 Å². The van der Waals surface area contributed by atoms with Crippen LogP contribution in [-0.4, -0.2) is 30.4 Å². The van der Waals surface area contributed by atoms with Crippen molar-refractivity contribution < 1.29 is 4.79 Å². The molecule has 140 valence electrons. The monoisotopic (exact) mass is 363 g/mol. The second-order valence-electron chi connectivity index (χ2n) is 6.34. The number of nitrogens with one attached hydrogen (secondary N) is 4. The Balaban J connectivity index is 1.50. The summed E-state index contributed by atoms with van der Waals surface area (Å²) in [5.74, 6) is 0.676. The molecule has 6 heteroatoms. The van der Waals surface area contributed by atoms with Crippen molar-refractivity contribution in [1.82, 2.24) is 15.6 Å². The zero-order chi connectivity index (χ0) is 19.1. The van der Waals surface area contributed by atoms with E-state index in [0.717, 1.165) is 35.7 Å². The van der Waals surface area contributed by atoms with Gasteiger partial charge >= 0.3 is 0 Å². The second-order valence-corrected chi connectivity index (χ2v) is 6.34. The molecule has 0 radical (unpaired) electrons. The third kappa shape index (κ3) is 5.10. The summed E-state index contributed by atoms with van der Waals surface area (Å²) in [7, 11) is 1.76. The number of nitrogens with zero attached hydrogens (tertiary/aromatic N) is 1. The van der Waals surface area contributed by atoms with Gasteiger partial charge in [0.25, 0.3) is 0 Å². The molecule has 0 fully saturated rings. The van der Waals surface area contributed by atoms with E-state index < -0.39 is 0 Å². The lowest BCUT2D eigenvalue weighted by Crippen LogP contribution is -2.37. The van der Waals surface area contributed by atoms with Gasteiger partial charge < -0.3 is 20.9 Å². The fourth-order valence-corrected chi connectivity index (χ4v) is 3.02. The topological polar surface area (TPSA) is 81.3 Å². The zero-order valence-electron chi connectivity index (χ0n) is 15.7. The summed E-state index contributed by atoms with van der Waals surface area (Å²) in [6.45, 7) is 2.91. The van der Waals surface area contributed by atoms with Crippen LogP contribution in [0.2, 0.25) is 0 Å². The number of aliphatic imine (C=N–C) groups is 1. The second kappa shape index (κ2) is 8.89. The van der Waals surface area contributed by atoms with Gasteiger partial charge in [-0.3, -0.25) is 9.79 Å². The number of carbonyl (C=O) groups is 1. The number of carbonyl (C=O) groups excluding carboxylic acids is 1. The predicted octanol–water partition coefficient (Wildman–Crippen LogP) is 3.03. The van der Waals surface area contributed by atoms with Gasteiger partial charge in [-0.15, -0.1) is 0 Å². The Kier molecular flexibility index (Phi) is 6.10. The highest BCUT2D eigenvalue weighted by atomic mass is 16.1. The lowest BCUT2D eigenvalue weighted by Gasteiger charge is -2.12. The molecule has 2 aromatic carbocycles. The lowest BCUT2D eigenvalue weighted by molar-refractivity contribution is -0.114. The van der Waals surface area contributed by atoms with Crippen LogP contribution < -0.4 is 16.0 Å². The summed E-state index contributed by atoms with van der Waals surface area (Å²) in [6.07, 6.45) is 2.97. The van der Waals surface area contributed by atoms with Crippen molar-refractivity contribution in [1.29, 1.82) is 0 Å². The molecule has 0 aliphatic rings. The summed E-state index contributed by atoms with van der Waals surface area (Å²) in [4.78, 5) is 18.8. The first-order valence-corrected chi connectivity index (χ1v) is 9.02. The lowest BCUT2D eigenvalue weighted by atomic mass is 10.1. The number of H-pyrrole nitrogens is 1. The highest BCUT2D eigenvalue weighted by Gasteiger charge is 2.04. The smallest absolute Gasteiger partial charge is 0.221 e. The van der Waals surface area contributed by atoms with Crippen LogP contribution in [0.3, 0.4) is 0 Å². The third-order valence-corrected chi connectivity index (χ3v) is 4.29. The minimum atomic E-state index is -0.0742. The summed E-state index contributed by atoms with van der Waals surface area (Å²) in [6, 6.07) is 16.1. The molecule has 27 heavy (non-hydrogen) atoms. The fraction of sp³-hybridized carbons (Fsp3) is 0.238. The van der Waals surface area contributed by atoms with Crippen LogP contribution in [0.5, 0.6) is 0 Å². The maximum atomic E-state index is 11.2. The highest BCUT2D eigenvalue weighted by Crippen LogP contribution is 2.17. The van der Waals surface area contributed by atoms with E-state index in [2.05, 4.69) is 50.3 Å². The molecule has 0 atom stereocenters. The Labute approximate surface area is 159 Å². The van der Waals surface area contributed by atoms with Crippen LogP contribution in [0, 0.1) is 0 Å². The van der Waals surface area contributed by atoms with Crippen molar-refractivity contribution in [3.05, 3.63) is 65.9 Å². The molecule has 6 nitrogen and oxygen atoms in total. The molecule has 1 aromatic heterocycles. The van der Waals surface area contributed by atoms with Crippen molar-refractivity contribution in [3.8, 4) is 0 Å². The number of amides is 1. The van der Waals surface area contributed by atoms with Gasteiger partial charge in [0, 0.05) is 49.8 Å². The number of benzene rings is 2. The average molecular weight is 363 g/mol. The van der Waals surface area contributed by atoms with E-state index in [1.165, 1.54) is 17.9 Å². The summed E-state index contributed by atoms with van der Waals surface area (Å²) >= 11 is 0. The van der Waals surface area contributed by atoms with Crippen LogP contribution in [0.25, 0.3) is 10.9 Å². The predicted molar refractivity (Wildman–Crippen MR) is 111 cm³/mol. The van der Waals surface area contributed by atoms with E-state index in [-0.39, 0.29) is 5.91 Å². The number of hydrogen-bond acceptors (Lipinski definition) is 2. The van der Waals surface area contributed by atoms with E-state index in [4.69, 9.17) is 0 Å². The fourth-order valence-electron chi connectivity index (χ4n) is 3.02. The molecular weight excluding hydrogens is 338 g/mol. The van der Waals surface area contributed by atoms with Crippen LogP contribution in [0.1, 0.15) is 18.1 Å². The van der Waals surface area contributed by atoms with Gasteiger partial charge in [-0.25, -0.2) is 0 Å². The van der Waals surface area contributed by atoms with Crippen molar-refractivity contribution >= 4 is 28.5 Å². The zero-order valence-corrected chi connectivity index (χ0v) is 15.7. The van der Waals surface area contributed by atoms with Gasteiger partial charge in [0.1, 0.15) is 0 Å². The van der Waals surface area contributed by atoms with Gasteiger partial charge in [-0.2, -0.15) is 0 Å². The molecule has 0 bridgehead atoms. The van der Waals surface area contributed by atoms with Gasteiger partial charge in [-0.1, -0.05) is 30.3 Å². The van der Waals surface area contributed by atoms with Crippen molar-refractivity contribution in [3.63, 3.8) is 0 Å². The van der Waals surface area contributed by atoms with E-state index in [9.17, 15) is 4.79 Å². The van der Waals surface area contributed by atoms with Crippen LogP contribution in [0.4, 0.5) is 5.69 Å². The van der Waals surface area contributed by atoms with Gasteiger partial charge in [0.15, 0.2) is 5.96 Å². The molecule has 0 aliphatic heterocycles. The summed E-state index contributed by atoms with van der Waals surface area (Å²) in [5, 5.41) is 10.7. The molecule has 0 saturated heterocycles. The van der Waals surface area contributed by atoms with Crippen LogP contribution in [0.15, 0.2) is 59.7 Å². The van der Waals surface area contributed by atoms with Gasteiger partial charge in [0.2, 0.25) is 5.91 Å². The number of hydrogen-bond donors (Lipinski definition) is 4. The molecule has 3 aromatic rings. The highest BCUT2D eigenvalue weighted by molar-refractivity contribution is 5.88. The van der Waals surface area contributed by atoms with Crippen LogP contribution in [-0.2, 0) is 17.8 Å². The first-order valence-electron chi connectivity index (χ1n) is 9.02. The Morgan fingerprint density at radius 3 is 2.78 bits per heavy atom. The van der Waals surface area contributed by atoms with Gasteiger partial charge in [-0.05, 0) is 35.7 Å². The van der Waals surface area contributed by atoms with E-state index in [0.29, 0.717) is 6.54 Å². The largest absolute Gasteiger partial charge is 0.361 e. The molecule has 0 spiro atoms. The van der Waals surface area contributed by atoms with E-state index >= 15 is 0 Å². The van der Waals surface area contributed by atoms with Crippen LogP contribution >= 0.6 is 0 Å². The Morgan fingerprint density at radius 1 is 1.11 bits per heavy atom. The molecule has 4 N–H and O–H groups in total. The Hall–Kier alpha value is -3.28. The summed E-state index contributed by atoms with van der Waals surface area (Å²) < 4.78 is 0. The maximum Gasteiger partial charge on any atom is 0.221 e. The van der Waals surface area contributed by atoms with Crippen molar-refractivity contribution in [2.75, 3.05) is 18.9 Å². The molecule has 1 heterocycles. The minimum Gasteiger partial charge on any atom is -0.361 e. The standard InChI is InChI=1S/C21H25N5O/c1-15(27)26-18-7-5-6-16(12-18)13-25-21(22-2)23-11-10-17-14-24-20-9-4-3-8-19(17)20/h3-9,12,14,24H,10-11,13H2,1-2H3,(H,26,27)(H2,22,23,25). The number of para-hydroxylation sites is 1. The number of guanidine groups is 1. The molecule has 3 rings (SSSR count). The normalized spacial score (nSPS) is 11.4. The van der Waals surface area contributed by atoms with Crippen molar-refractivity contribution in [2.24, 2.45) is 4.99 Å². The molecule has 1 amide bonds. The maximum absolute atomic E-state index is 11.2. The first-order chi connectivity index (χ1) is 13.2. The quantitative estimate of drug-likeness (QED) is 0.401. The number of aromatic nitrogens is 1. The number of aromatic amines is 1. The third-order valence-electron chi connectivity index (χ3n) is 4.29. The first kappa shape index (κ1) is 18.5. The molecule has 0 unspecified atom stereocenters. The molecule has 0 aliphatic carbocycles. The average Bonchev–Trinajstić information content (AvgIpc) is 3.07.